The normalized spacial score (nSPS) is 18.4. The zero-order valence-electron chi connectivity index (χ0n) is 22.9. The lowest BCUT2D eigenvalue weighted by Gasteiger charge is -2.43. The van der Waals surface area contributed by atoms with Crippen molar-refractivity contribution in [1.29, 1.82) is 0 Å². The second-order valence-corrected chi connectivity index (χ2v) is 10.4. The van der Waals surface area contributed by atoms with Crippen LogP contribution in [0.25, 0.3) is 11.1 Å². The number of amides is 1. The number of hydrogen-bond acceptors (Lipinski definition) is 10. The van der Waals surface area contributed by atoms with Crippen LogP contribution in [0.1, 0.15) is 10.4 Å². The van der Waals surface area contributed by atoms with Crippen LogP contribution in [0.2, 0.25) is 0 Å². The van der Waals surface area contributed by atoms with Gasteiger partial charge in [-0.25, -0.2) is 9.97 Å². The molecule has 6 rings (SSSR count). The highest BCUT2D eigenvalue weighted by Gasteiger charge is 2.30. The Balaban J connectivity index is 1.20. The second kappa shape index (κ2) is 11.1. The maximum atomic E-state index is 12.9. The molecule has 6 heterocycles. The van der Waals surface area contributed by atoms with Gasteiger partial charge in [-0.05, 0) is 29.8 Å². The second-order valence-electron chi connectivity index (χ2n) is 10.4. The fourth-order valence-electron chi connectivity index (χ4n) is 5.35. The molecule has 0 radical (unpaired) electrons. The number of hydrogen-bond donors (Lipinski definition) is 2. The third-order valence-corrected chi connectivity index (χ3v) is 8.00. The number of aromatic amines is 1. The van der Waals surface area contributed by atoms with Crippen LogP contribution in [-0.4, -0.2) is 103 Å². The number of anilines is 4. The quantitative estimate of drug-likeness (QED) is 0.328. The minimum absolute atomic E-state index is 0.253. The SMILES string of the molecule is C=C1C(=O)N(c2nccc(-c3c[nH]c(=O)c(Nc4ccc(N5CCN(C6COC6)CC5)cn4)c3)c2C=O)CCN1C. The molecule has 3 aromatic heterocycles. The number of likely N-dealkylation sites (N-methyl/N-ethyl adjacent to an activating group) is 1. The molecule has 3 saturated heterocycles. The summed E-state index contributed by atoms with van der Waals surface area (Å²) >= 11 is 0. The minimum Gasteiger partial charge on any atom is -0.378 e. The number of H-pyrrole nitrogens is 1. The molecular weight excluding hydrogens is 524 g/mol. The van der Waals surface area contributed by atoms with Crippen LogP contribution in [0.15, 0.2) is 59.9 Å². The first-order valence-electron chi connectivity index (χ1n) is 13.6. The van der Waals surface area contributed by atoms with Gasteiger partial charge in [-0.3, -0.25) is 24.2 Å². The molecule has 0 unspecified atom stereocenters. The number of rotatable bonds is 7. The first-order chi connectivity index (χ1) is 19.9. The Labute approximate surface area is 237 Å². The third-order valence-electron chi connectivity index (χ3n) is 8.00. The van der Waals surface area contributed by atoms with Gasteiger partial charge in [0.05, 0.1) is 42.4 Å². The molecule has 41 heavy (non-hydrogen) atoms. The summed E-state index contributed by atoms with van der Waals surface area (Å²) in [6, 6.07) is 7.74. The highest BCUT2D eigenvalue weighted by molar-refractivity contribution is 6.08. The van der Waals surface area contributed by atoms with Crippen LogP contribution in [-0.2, 0) is 9.53 Å². The van der Waals surface area contributed by atoms with Crippen LogP contribution < -0.4 is 20.7 Å². The van der Waals surface area contributed by atoms with Crippen molar-refractivity contribution in [2.45, 2.75) is 6.04 Å². The highest BCUT2D eigenvalue weighted by atomic mass is 16.5. The molecular formula is C29H32N8O4. The Hall–Kier alpha value is -4.55. The van der Waals surface area contributed by atoms with Crippen molar-refractivity contribution in [3.8, 4) is 11.1 Å². The summed E-state index contributed by atoms with van der Waals surface area (Å²) in [6.45, 7) is 10.3. The molecule has 3 aliphatic rings. The molecule has 212 valence electrons. The summed E-state index contributed by atoms with van der Waals surface area (Å²) in [7, 11) is 1.80. The van der Waals surface area contributed by atoms with Crippen LogP contribution in [0.5, 0.6) is 0 Å². The number of nitrogens with one attached hydrogen (secondary N) is 2. The van der Waals surface area contributed by atoms with Crippen LogP contribution in [0, 0.1) is 0 Å². The van der Waals surface area contributed by atoms with Crippen molar-refractivity contribution in [2.24, 2.45) is 0 Å². The van der Waals surface area contributed by atoms with E-state index in [-0.39, 0.29) is 28.5 Å². The van der Waals surface area contributed by atoms with E-state index in [1.54, 1.807) is 30.3 Å². The van der Waals surface area contributed by atoms with Gasteiger partial charge in [-0.2, -0.15) is 0 Å². The van der Waals surface area contributed by atoms with E-state index in [1.165, 1.54) is 11.1 Å². The number of aldehydes is 1. The van der Waals surface area contributed by atoms with E-state index in [0.717, 1.165) is 45.1 Å². The molecule has 0 bridgehead atoms. The lowest BCUT2D eigenvalue weighted by molar-refractivity contribution is -0.117. The molecule has 2 N–H and O–H groups in total. The monoisotopic (exact) mass is 556 g/mol. The number of nitrogens with zero attached hydrogens (tertiary/aromatic N) is 6. The van der Waals surface area contributed by atoms with Crippen molar-refractivity contribution >= 4 is 35.2 Å². The van der Waals surface area contributed by atoms with Gasteiger partial charge < -0.3 is 24.8 Å². The molecule has 0 aliphatic carbocycles. The molecule has 3 aromatic rings. The Morgan fingerprint density at radius 3 is 2.56 bits per heavy atom. The first-order valence-corrected chi connectivity index (χ1v) is 13.6. The number of piperazine rings is 2. The van der Waals surface area contributed by atoms with Gasteiger partial charge in [0.2, 0.25) is 0 Å². The Morgan fingerprint density at radius 2 is 1.88 bits per heavy atom. The molecule has 0 spiro atoms. The summed E-state index contributed by atoms with van der Waals surface area (Å²) in [4.78, 5) is 57.5. The van der Waals surface area contributed by atoms with Gasteiger partial charge in [-0.15, -0.1) is 0 Å². The van der Waals surface area contributed by atoms with E-state index in [9.17, 15) is 14.4 Å². The van der Waals surface area contributed by atoms with Gasteiger partial charge in [0, 0.05) is 64.3 Å². The summed E-state index contributed by atoms with van der Waals surface area (Å²) in [5.74, 6) is 0.477. The minimum atomic E-state index is -0.330. The lowest BCUT2D eigenvalue weighted by Crippen LogP contribution is -2.56. The van der Waals surface area contributed by atoms with E-state index in [2.05, 4.69) is 36.6 Å². The molecule has 3 aliphatic heterocycles. The number of ether oxygens (including phenoxy) is 1. The molecule has 12 nitrogen and oxygen atoms in total. The van der Waals surface area contributed by atoms with Gasteiger partial charge in [0.15, 0.2) is 6.29 Å². The van der Waals surface area contributed by atoms with E-state index in [4.69, 9.17) is 4.74 Å². The molecule has 0 aromatic carbocycles. The van der Waals surface area contributed by atoms with E-state index < -0.39 is 0 Å². The Bertz CT molecular complexity index is 1530. The largest absolute Gasteiger partial charge is 0.378 e. The molecule has 3 fully saturated rings. The van der Waals surface area contributed by atoms with Crippen molar-refractivity contribution in [3.63, 3.8) is 0 Å². The van der Waals surface area contributed by atoms with Crippen molar-refractivity contribution < 1.29 is 14.3 Å². The smallest absolute Gasteiger partial charge is 0.275 e. The van der Waals surface area contributed by atoms with E-state index in [0.29, 0.717) is 48.1 Å². The molecule has 1 amide bonds. The zero-order valence-corrected chi connectivity index (χ0v) is 22.9. The zero-order chi connectivity index (χ0) is 28.5. The lowest BCUT2D eigenvalue weighted by atomic mass is 10.0. The Kier molecular flexibility index (Phi) is 7.25. The summed E-state index contributed by atoms with van der Waals surface area (Å²) < 4.78 is 5.32. The number of carbonyl (C=O) groups is 2. The fourth-order valence-corrected chi connectivity index (χ4v) is 5.35. The number of carbonyl (C=O) groups excluding carboxylic acids is 2. The predicted octanol–water partition coefficient (Wildman–Crippen LogP) is 1.70. The topological polar surface area (TPSA) is 127 Å². The number of aromatic nitrogens is 3. The average molecular weight is 557 g/mol. The van der Waals surface area contributed by atoms with Gasteiger partial charge in [0.1, 0.15) is 17.3 Å². The maximum absolute atomic E-state index is 12.9. The first kappa shape index (κ1) is 26.7. The van der Waals surface area contributed by atoms with Gasteiger partial charge in [-0.1, -0.05) is 6.58 Å². The fraction of sp³-hybridized carbons (Fsp3) is 0.345. The molecule has 12 heteroatoms. The van der Waals surface area contributed by atoms with Gasteiger partial charge in [0.25, 0.3) is 11.5 Å². The van der Waals surface area contributed by atoms with E-state index in [1.807, 2.05) is 18.3 Å². The van der Waals surface area contributed by atoms with Crippen molar-refractivity contribution in [3.05, 3.63) is 71.0 Å². The summed E-state index contributed by atoms with van der Waals surface area (Å²) in [5, 5.41) is 3.10. The average Bonchev–Trinajstić information content (AvgIpc) is 2.97. The molecule has 0 saturated carbocycles. The van der Waals surface area contributed by atoms with Crippen LogP contribution >= 0.6 is 0 Å². The van der Waals surface area contributed by atoms with Crippen LogP contribution in [0.3, 0.4) is 0 Å². The summed E-state index contributed by atoms with van der Waals surface area (Å²) in [6.07, 6.45) is 5.58. The third kappa shape index (κ3) is 5.19. The standard InChI is InChI=1S/C29H32N8O4/c1-19-29(40)37(12-7-34(19)2)27-24(16-38)23(5-6-30-27)20-13-25(28(39)32-14-20)33-26-4-3-21(15-31-26)35-8-10-36(11-9-35)22-17-41-18-22/h3-6,13-16,22H,1,7-12,17-18H2,2H3,(H,31,33)(H,32,39). The molecule has 0 atom stereocenters. The van der Waals surface area contributed by atoms with E-state index >= 15 is 0 Å². The maximum Gasteiger partial charge on any atom is 0.275 e. The van der Waals surface area contributed by atoms with Crippen molar-refractivity contribution in [1.82, 2.24) is 24.8 Å². The van der Waals surface area contributed by atoms with Gasteiger partial charge >= 0.3 is 0 Å². The summed E-state index contributed by atoms with van der Waals surface area (Å²) in [5.41, 5.74) is 2.69. The number of pyridine rings is 3. The van der Waals surface area contributed by atoms with Crippen molar-refractivity contribution in [2.75, 3.05) is 74.6 Å². The van der Waals surface area contributed by atoms with Crippen LogP contribution in [0.4, 0.5) is 23.0 Å². The Morgan fingerprint density at radius 1 is 1.07 bits per heavy atom. The highest BCUT2D eigenvalue weighted by Crippen LogP contribution is 2.31. The predicted molar refractivity (Wildman–Crippen MR) is 156 cm³/mol.